The summed E-state index contributed by atoms with van der Waals surface area (Å²) in [6.45, 7) is 0.854. The van der Waals surface area contributed by atoms with Gasteiger partial charge in [-0.15, -0.1) is 0 Å². The molecule has 0 N–H and O–H groups in total. The fraction of sp³-hybridized carbons (Fsp3) is 0.286. The Balaban J connectivity index is 1.43. The molecule has 0 atom stereocenters. The molecule has 158 valence electrons. The first-order chi connectivity index (χ1) is 15.3. The summed E-state index contributed by atoms with van der Waals surface area (Å²) in [5, 5.41) is 0. The molecule has 0 aliphatic heterocycles. The highest BCUT2D eigenvalue weighted by Crippen LogP contribution is 2.37. The minimum atomic E-state index is 0.148. The summed E-state index contributed by atoms with van der Waals surface area (Å²) in [7, 11) is 1.71. The molecule has 0 heterocycles. The van der Waals surface area contributed by atoms with Gasteiger partial charge in [-0.1, -0.05) is 60.7 Å². The summed E-state index contributed by atoms with van der Waals surface area (Å²) < 4.78 is 12.2. The molecule has 3 aromatic carbocycles. The molecule has 31 heavy (non-hydrogen) atoms. The van der Waals surface area contributed by atoms with Gasteiger partial charge in [-0.05, 0) is 48.1 Å². The Hall–Kier alpha value is -3.20. The number of allylic oxidation sites excluding steroid dienone is 2. The molecule has 5 rings (SSSR count). The zero-order chi connectivity index (χ0) is 21.0. The largest absolute Gasteiger partial charge is 0.493 e. The highest BCUT2D eigenvalue weighted by Gasteiger charge is 2.24. The molecule has 0 radical (unpaired) electrons. The van der Waals surface area contributed by atoms with Gasteiger partial charge in [-0.3, -0.25) is 0 Å². The minimum absolute atomic E-state index is 0.148. The molecule has 0 bridgehead atoms. The van der Waals surface area contributed by atoms with Crippen LogP contribution in [0.1, 0.15) is 36.0 Å². The van der Waals surface area contributed by atoms with E-state index in [1.807, 2.05) is 6.07 Å². The fourth-order valence-electron chi connectivity index (χ4n) is 4.73. The van der Waals surface area contributed by atoms with Gasteiger partial charge in [-0.2, -0.15) is 0 Å². The second-order valence-corrected chi connectivity index (χ2v) is 8.41. The topological polar surface area (TPSA) is 21.7 Å². The van der Waals surface area contributed by atoms with Crippen LogP contribution < -0.4 is 14.4 Å². The van der Waals surface area contributed by atoms with Crippen molar-refractivity contribution in [2.45, 2.75) is 44.8 Å². The maximum atomic E-state index is 6.51. The van der Waals surface area contributed by atoms with Gasteiger partial charge in [0.05, 0.1) is 7.11 Å². The summed E-state index contributed by atoms with van der Waals surface area (Å²) in [6.07, 6.45) is 7.91. The maximum absolute atomic E-state index is 6.51. The van der Waals surface area contributed by atoms with Gasteiger partial charge in [0.1, 0.15) is 6.10 Å². The zero-order valence-corrected chi connectivity index (χ0v) is 18.1. The lowest BCUT2D eigenvalue weighted by Gasteiger charge is -2.28. The third kappa shape index (κ3) is 4.32. The molecule has 0 spiro atoms. The van der Waals surface area contributed by atoms with Crippen molar-refractivity contribution in [1.82, 2.24) is 0 Å². The van der Waals surface area contributed by atoms with Crippen LogP contribution in [0, 0.1) is 0 Å². The lowest BCUT2D eigenvalue weighted by molar-refractivity contribution is 0.204. The Morgan fingerprint density at radius 3 is 2.29 bits per heavy atom. The van der Waals surface area contributed by atoms with Gasteiger partial charge in [-0.25, -0.2) is 0 Å². The van der Waals surface area contributed by atoms with E-state index in [2.05, 4.69) is 77.7 Å². The molecule has 0 fully saturated rings. The van der Waals surface area contributed by atoms with E-state index in [9.17, 15) is 0 Å². The zero-order valence-electron chi connectivity index (χ0n) is 18.1. The monoisotopic (exact) mass is 411 g/mol. The van der Waals surface area contributed by atoms with Crippen LogP contribution in [0.5, 0.6) is 11.5 Å². The van der Waals surface area contributed by atoms with Gasteiger partial charge in [0.25, 0.3) is 0 Å². The number of hydrogen-bond donors (Lipinski definition) is 0. The first kappa shape index (κ1) is 19.7. The van der Waals surface area contributed by atoms with E-state index < -0.39 is 0 Å². The van der Waals surface area contributed by atoms with Crippen LogP contribution in [0.3, 0.4) is 0 Å². The van der Waals surface area contributed by atoms with E-state index in [4.69, 9.17) is 9.47 Å². The lowest BCUT2D eigenvalue weighted by atomic mass is 10.1. The maximum Gasteiger partial charge on any atom is 0.163 e. The van der Waals surface area contributed by atoms with E-state index in [0.717, 1.165) is 49.4 Å². The van der Waals surface area contributed by atoms with Crippen molar-refractivity contribution in [2.75, 3.05) is 12.0 Å². The average Bonchev–Trinajstić information content (AvgIpc) is 3.48. The van der Waals surface area contributed by atoms with Crippen molar-refractivity contribution in [3.63, 3.8) is 0 Å². The highest BCUT2D eigenvalue weighted by atomic mass is 16.5. The Kier molecular flexibility index (Phi) is 5.66. The second-order valence-electron chi connectivity index (χ2n) is 8.41. The number of benzene rings is 3. The van der Waals surface area contributed by atoms with Gasteiger partial charge >= 0.3 is 0 Å². The van der Waals surface area contributed by atoms with Crippen molar-refractivity contribution in [3.05, 3.63) is 101 Å². The van der Waals surface area contributed by atoms with Gasteiger partial charge < -0.3 is 14.4 Å². The molecule has 2 aliphatic rings. The first-order valence-electron chi connectivity index (χ1n) is 11.2. The predicted molar refractivity (Wildman–Crippen MR) is 126 cm³/mol. The highest BCUT2D eigenvalue weighted by molar-refractivity contribution is 5.60. The van der Waals surface area contributed by atoms with Crippen molar-refractivity contribution < 1.29 is 9.47 Å². The first-order valence-corrected chi connectivity index (χ1v) is 11.2. The number of hydrogen-bond acceptors (Lipinski definition) is 3. The van der Waals surface area contributed by atoms with Gasteiger partial charge in [0.15, 0.2) is 11.5 Å². The Labute approximate surface area is 184 Å². The number of rotatable bonds is 7. The van der Waals surface area contributed by atoms with E-state index in [1.165, 1.54) is 28.8 Å². The normalized spacial score (nSPS) is 15.5. The molecule has 3 heteroatoms. The molecule has 0 unspecified atom stereocenters. The predicted octanol–water partition coefficient (Wildman–Crippen LogP) is 6.32. The number of nitrogens with zero attached hydrogens (tertiary/aromatic N) is 1. The van der Waals surface area contributed by atoms with Crippen molar-refractivity contribution in [2.24, 2.45) is 0 Å². The number of ether oxygens (including phenoxy) is 2. The van der Waals surface area contributed by atoms with Crippen LogP contribution in [-0.4, -0.2) is 13.2 Å². The van der Waals surface area contributed by atoms with Crippen molar-refractivity contribution >= 4 is 5.69 Å². The Bertz CT molecular complexity index is 1050. The van der Waals surface area contributed by atoms with Crippen molar-refractivity contribution in [1.29, 1.82) is 0 Å². The summed E-state index contributed by atoms with van der Waals surface area (Å²) in [5.74, 6) is 1.62. The number of fused-ring (bicyclic) bond motifs is 1. The van der Waals surface area contributed by atoms with E-state index in [1.54, 1.807) is 7.11 Å². The summed E-state index contributed by atoms with van der Waals surface area (Å²) in [6, 6.07) is 25.7. The van der Waals surface area contributed by atoms with E-state index in [0.29, 0.717) is 0 Å². The average molecular weight is 412 g/mol. The SMILES string of the molecule is COc1ccc(N(Cc2ccccc2)C2=CCCC2)cc1OC1Cc2ccccc2C1. The summed E-state index contributed by atoms with van der Waals surface area (Å²) in [5.41, 5.74) is 6.64. The number of anilines is 1. The molecule has 0 aromatic heterocycles. The molecule has 0 amide bonds. The van der Waals surface area contributed by atoms with Crippen LogP contribution in [0.4, 0.5) is 5.69 Å². The lowest BCUT2D eigenvalue weighted by Crippen LogP contribution is -2.22. The summed E-state index contributed by atoms with van der Waals surface area (Å²) in [4.78, 5) is 2.43. The minimum Gasteiger partial charge on any atom is -0.493 e. The Morgan fingerprint density at radius 1 is 0.871 bits per heavy atom. The van der Waals surface area contributed by atoms with Crippen LogP contribution >= 0.6 is 0 Å². The standard InChI is InChI=1S/C28H29NO2/c1-30-27-16-15-25(19-28(27)31-26-17-22-11-5-6-12-23(22)18-26)29(24-13-7-8-14-24)20-21-9-3-2-4-10-21/h2-6,9-13,15-16,19,26H,7-8,14,17-18,20H2,1H3. The van der Waals surface area contributed by atoms with Crippen molar-refractivity contribution in [3.8, 4) is 11.5 Å². The van der Waals surface area contributed by atoms with Gasteiger partial charge in [0, 0.05) is 36.8 Å². The van der Waals surface area contributed by atoms with Crippen LogP contribution in [0.15, 0.2) is 84.6 Å². The second kappa shape index (κ2) is 8.89. The smallest absolute Gasteiger partial charge is 0.163 e. The van der Waals surface area contributed by atoms with E-state index >= 15 is 0 Å². The van der Waals surface area contributed by atoms with E-state index in [-0.39, 0.29) is 6.10 Å². The fourth-order valence-corrected chi connectivity index (χ4v) is 4.73. The molecule has 0 saturated heterocycles. The quantitative estimate of drug-likeness (QED) is 0.454. The van der Waals surface area contributed by atoms with Crippen LogP contribution in [0.25, 0.3) is 0 Å². The summed E-state index contributed by atoms with van der Waals surface area (Å²) >= 11 is 0. The molecule has 3 aromatic rings. The van der Waals surface area contributed by atoms with Gasteiger partial charge in [0.2, 0.25) is 0 Å². The molecule has 2 aliphatic carbocycles. The van der Waals surface area contributed by atoms with Crippen LogP contribution in [0.2, 0.25) is 0 Å². The Morgan fingerprint density at radius 2 is 1.61 bits per heavy atom. The number of methoxy groups -OCH3 is 1. The van der Waals surface area contributed by atoms with Crippen LogP contribution in [-0.2, 0) is 19.4 Å². The molecular weight excluding hydrogens is 382 g/mol. The molecular formula is C28H29NO2. The molecule has 3 nitrogen and oxygen atoms in total. The molecule has 0 saturated carbocycles. The third-order valence-corrected chi connectivity index (χ3v) is 6.31. The third-order valence-electron chi connectivity index (χ3n) is 6.31.